The summed E-state index contributed by atoms with van der Waals surface area (Å²) in [5.74, 6) is -0.400. The van der Waals surface area contributed by atoms with Gasteiger partial charge in [0.2, 0.25) is 0 Å². The van der Waals surface area contributed by atoms with E-state index in [9.17, 15) is 9.50 Å². The number of fused-ring (bicyclic) bond motifs is 1. The van der Waals surface area contributed by atoms with Gasteiger partial charge in [0.25, 0.3) is 0 Å². The van der Waals surface area contributed by atoms with Crippen LogP contribution in [0.25, 0.3) is 28.0 Å². The Bertz CT molecular complexity index is 1290. The third-order valence-electron chi connectivity index (χ3n) is 5.78. The summed E-state index contributed by atoms with van der Waals surface area (Å²) >= 11 is 0. The molecule has 0 spiro atoms. The van der Waals surface area contributed by atoms with Crippen LogP contribution < -0.4 is 4.74 Å². The fourth-order valence-corrected chi connectivity index (χ4v) is 3.87. The SMILES string of the molecule is Oc1ccc(-n2cc(-c3ccc4c(OCCOCCN5CCOCC5)cccc4n3)nn2)cc1F. The number of pyridine rings is 1. The van der Waals surface area contributed by atoms with Crippen LogP contribution in [-0.2, 0) is 9.47 Å². The van der Waals surface area contributed by atoms with Crippen molar-refractivity contribution in [3.8, 4) is 28.6 Å². The minimum absolute atomic E-state index is 0.414. The minimum atomic E-state index is -0.724. The number of ether oxygens (including phenoxy) is 3. The molecule has 3 heterocycles. The third-order valence-corrected chi connectivity index (χ3v) is 5.78. The predicted octanol–water partition coefficient (Wildman–Crippen LogP) is 3.05. The Morgan fingerprint density at radius 2 is 1.89 bits per heavy atom. The van der Waals surface area contributed by atoms with E-state index in [2.05, 4.69) is 15.2 Å². The molecule has 1 aliphatic rings. The zero-order valence-electron chi connectivity index (χ0n) is 19.1. The molecule has 9 nitrogen and oxygen atoms in total. The molecule has 2 aromatic heterocycles. The Labute approximate surface area is 201 Å². The van der Waals surface area contributed by atoms with E-state index in [4.69, 9.17) is 19.2 Å². The van der Waals surface area contributed by atoms with Gasteiger partial charge in [-0.1, -0.05) is 11.3 Å². The first-order chi connectivity index (χ1) is 17.2. The third kappa shape index (κ3) is 5.56. The lowest BCUT2D eigenvalue weighted by atomic mass is 10.1. The molecule has 0 bridgehead atoms. The molecule has 2 aromatic carbocycles. The number of hydrogen-bond acceptors (Lipinski definition) is 8. The van der Waals surface area contributed by atoms with Crippen molar-refractivity contribution in [3.05, 3.63) is 60.5 Å². The van der Waals surface area contributed by atoms with Crippen molar-refractivity contribution in [1.29, 1.82) is 0 Å². The maximum absolute atomic E-state index is 13.7. The van der Waals surface area contributed by atoms with Gasteiger partial charge in [0, 0.05) is 31.1 Å². The van der Waals surface area contributed by atoms with Gasteiger partial charge in [-0.25, -0.2) is 14.1 Å². The first kappa shape index (κ1) is 23.2. The van der Waals surface area contributed by atoms with Crippen LogP contribution in [0.2, 0.25) is 0 Å². The summed E-state index contributed by atoms with van der Waals surface area (Å²) < 4.78 is 32.1. The van der Waals surface area contributed by atoms with Crippen LogP contribution in [0, 0.1) is 5.82 Å². The van der Waals surface area contributed by atoms with E-state index < -0.39 is 11.6 Å². The van der Waals surface area contributed by atoms with E-state index in [1.807, 2.05) is 30.3 Å². The number of aromatic hydroxyl groups is 1. The van der Waals surface area contributed by atoms with Gasteiger partial charge in [-0.05, 0) is 36.4 Å². The molecule has 1 aliphatic heterocycles. The van der Waals surface area contributed by atoms with Gasteiger partial charge in [0.15, 0.2) is 11.6 Å². The topological polar surface area (TPSA) is 94.8 Å². The van der Waals surface area contributed by atoms with Crippen molar-refractivity contribution in [2.24, 2.45) is 0 Å². The van der Waals surface area contributed by atoms with Crippen LogP contribution >= 0.6 is 0 Å². The maximum Gasteiger partial charge on any atom is 0.166 e. The molecule has 4 aromatic rings. The van der Waals surface area contributed by atoms with Crippen LogP contribution in [0.1, 0.15) is 0 Å². The molecule has 1 saturated heterocycles. The molecule has 182 valence electrons. The molecule has 0 radical (unpaired) electrons. The first-order valence-electron chi connectivity index (χ1n) is 11.5. The van der Waals surface area contributed by atoms with E-state index in [1.165, 1.54) is 16.8 Å². The highest BCUT2D eigenvalue weighted by atomic mass is 19.1. The summed E-state index contributed by atoms with van der Waals surface area (Å²) in [5.41, 5.74) is 2.38. The quantitative estimate of drug-likeness (QED) is 0.366. The molecular formula is C25H26FN5O4. The van der Waals surface area contributed by atoms with Gasteiger partial charge in [0.05, 0.1) is 49.5 Å². The van der Waals surface area contributed by atoms with Gasteiger partial charge in [-0.2, -0.15) is 0 Å². The molecule has 0 aliphatic carbocycles. The van der Waals surface area contributed by atoms with Crippen LogP contribution in [0.3, 0.4) is 0 Å². The van der Waals surface area contributed by atoms with Crippen molar-refractivity contribution in [3.63, 3.8) is 0 Å². The van der Waals surface area contributed by atoms with Gasteiger partial charge in [-0.3, -0.25) is 4.90 Å². The molecule has 0 atom stereocenters. The Morgan fingerprint density at radius 1 is 1.00 bits per heavy atom. The highest BCUT2D eigenvalue weighted by molar-refractivity contribution is 5.86. The minimum Gasteiger partial charge on any atom is -0.505 e. The largest absolute Gasteiger partial charge is 0.505 e. The van der Waals surface area contributed by atoms with Crippen LogP contribution in [0.4, 0.5) is 4.39 Å². The lowest BCUT2D eigenvalue weighted by Crippen LogP contribution is -2.38. The average molecular weight is 480 g/mol. The lowest BCUT2D eigenvalue weighted by Gasteiger charge is -2.26. The molecule has 10 heteroatoms. The molecule has 0 amide bonds. The lowest BCUT2D eigenvalue weighted by molar-refractivity contribution is 0.0171. The zero-order chi connectivity index (χ0) is 24.0. The first-order valence-corrected chi connectivity index (χ1v) is 11.5. The Hall–Kier alpha value is -3.60. The van der Waals surface area contributed by atoms with E-state index in [0.29, 0.717) is 36.9 Å². The van der Waals surface area contributed by atoms with Crippen molar-refractivity contribution in [2.75, 3.05) is 52.7 Å². The second kappa shape index (κ2) is 10.8. The van der Waals surface area contributed by atoms with E-state index in [1.54, 1.807) is 12.3 Å². The summed E-state index contributed by atoms with van der Waals surface area (Å²) in [6.07, 6.45) is 1.66. The average Bonchev–Trinajstić information content (AvgIpc) is 3.38. The Balaban J connectivity index is 1.20. The van der Waals surface area contributed by atoms with Gasteiger partial charge in [-0.15, -0.1) is 5.10 Å². The highest BCUT2D eigenvalue weighted by Crippen LogP contribution is 2.27. The number of phenols is 1. The standard InChI is InChI=1S/C25H26FN5O4/c26-20-16-18(4-7-24(20)32)31-17-23(28-29-31)22-6-5-19-21(27-22)2-1-3-25(19)35-15-14-34-13-10-30-8-11-33-12-9-30/h1-7,16-17,32H,8-15H2. The number of benzene rings is 2. The van der Waals surface area contributed by atoms with Crippen LogP contribution in [0.15, 0.2) is 54.7 Å². The number of nitrogens with zero attached hydrogens (tertiary/aromatic N) is 5. The van der Waals surface area contributed by atoms with Crippen LogP contribution in [0.5, 0.6) is 11.5 Å². The van der Waals surface area contributed by atoms with Gasteiger partial charge in [0.1, 0.15) is 18.1 Å². The zero-order valence-corrected chi connectivity index (χ0v) is 19.1. The number of halogens is 1. The second-order valence-electron chi connectivity index (χ2n) is 8.12. The molecule has 5 rings (SSSR count). The van der Waals surface area contributed by atoms with Crippen molar-refractivity contribution in [2.45, 2.75) is 0 Å². The maximum atomic E-state index is 13.7. The molecule has 0 saturated carbocycles. The second-order valence-corrected chi connectivity index (χ2v) is 8.12. The van der Waals surface area contributed by atoms with Crippen LogP contribution in [-0.4, -0.2) is 82.7 Å². The normalized spacial score (nSPS) is 14.4. The van der Waals surface area contributed by atoms with Gasteiger partial charge < -0.3 is 19.3 Å². The monoisotopic (exact) mass is 479 g/mol. The Kier molecular flexibility index (Phi) is 7.12. The Morgan fingerprint density at radius 3 is 2.74 bits per heavy atom. The number of rotatable bonds is 9. The molecule has 35 heavy (non-hydrogen) atoms. The molecule has 0 unspecified atom stereocenters. The predicted molar refractivity (Wildman–Crippen MR) is 127 cm³/mol. The smallest absolute Gasteiger partial charge is 0.166 e. The fourth-order valence-electron chi connectivity index (χ4n) is 3.87. The van der Waals surface area contributed by atoms with E-state index in [0.717, 1.165) is 49.5 Å². The van der Waals surface area contributed by atoms with Crippen molar-refractivity contribution in [1.82, 2.24) is 24.9 Å². The summed E-state index contributed by atoms with van der Waals surface area (Å²) in [7, 11) is 0. The van der Waals surface area contributed by atoms with Crippen molar-refractivity contribution >= 4 is 10.9 Å². The fraction of sp³-hybridized carbons (Fsp3) is 0.320. The molecule has 1 N–H and O–H groups in total. The summed E-state index contributed by atoms with van der Waals surface area (Å²) in [6.45, 7) is 6.01. The van der Waals surface area contributed by atoms with Crippen molar-refractivity contribution < 1.29 is 23.7 Å². The van der Waals surface area contributed by atoms with E-state index >= 15 is 0 Å². The highest BCUT2D eigenvalue weighted by Gasteiger charge is 2.12. The number of aromatic nitrogens is 4. The molecule has 1 fully saturated rings. The number of phenolic OH excluding ortho intramolecular Hbond substituents is 1. The van der Waals surface area contributed by atoms with E-state index in [-0.39, 0.29) is 0 Å². The molecular weight excluding hydrogens is 453 g/mol. The number of hydrogen-bond donors (Lipinski definition) is 1. The number of morpholine rings is 1. The van der Waals surface area contributed by atoms with Gasteiger partial charge >= 0.3 is 0 Å². The summed E-state index contributed by atoms with van der Waals surface area (Å²) in [5, 5.41) is 18.5. The summed E-state index contributed by atoms with van der Waals surface area (Å²) in [6, 6.07) is 13.5. The summed E-state index contributed by atoms with van der Waals surface area (Å²) in [4.78, 5) is 7.03.